The van der Waals surface area contributed by atoms with Crippen LogP contribution in [0.1, 0.15) is 52.4 Å². The molecule has 5 heteroatoms. The van der Waals surface area contributed by atoms with Gasteiger partial charge in [-0.05, 0) is 49.5 Å². The average molecular weight is 325 g/mol. The lowest BCUT2D eigenvalue weighted by Crippen LogP contribution is -2.41. The summed E-state index contributed by atoms with van der Waals surface area (Å²) >= 11 is 1.96. The predicted molar refractivity (Wildman–Crippen MR) is 90.2 cm³/mol. The van der Waals surface area contributed by atoms with E-state index in [0.717, 1.165) is 18.6 Å². The van der Waals surface area contributed by atoms with Gasteiger partial charge in [0.25, 0.3) is 0 Å². The van der Waals surface area contributed by atoms with Crippen LogP contribution in [0, 0.1) is 17.8 Å². The van der Waals surface area contributed by atoms with Gasteiger partial charge in [0.2, 0.25) is 0 Å². The monoisotopic (exact) mass is 325 g/mol. The van der Waals surface area contributed by atoms with Crippen molar-refractivity contribution in [3.8, 4) is 0 Å². The fourth-order valence-electron chi connectivity index (χ4n) is 3.49. The zero-order chi connectivity index (χ0) is 15.9. The summed E-state index contributed by atoms with van der Waals surface area (Å²) in [5.74, 6) is 2.58. The summed E-state index contributed by atoms with van der Waals surface area (Å²) in [6, 6.07) is 0. The minimum Gasteiger partial charge on any atom is -0.396 e. The molecule has 0 radical (unpaired) electrons. The highest BCUT2D eigenvalue weighted by molar-refractivity contribution is 7.99. The van der Waals surface area contributed by atoms with Crippen molar-refractivity contribution in [2.24, 2.45) is 22.9 Å². The number of nitrogens with zero attached hydrogens (tertiary/aromatic N) is 1. The third kappa shape index (κ3) is 4.34. The smallest absolute Gasteiger partial charge is 0.149 e. The molecule has 0 aromatic rings. The van der Waals surface area contributed by atoms with E-state index >= 15 is 0 Å². The van der Waals surface area contributed by atoms with Gasteiger partial charge in [-0.15, -0.1) is 0 Å². The lowest BCUT2D eigenvalue weighted by atomic mass is 9.72. The first-order valence-electron chi connectivity index (χ1n) is 8.49. The Labute approximate surface area is 137 Å². The first-order valence-corrected chi connectivity index (χ1v) is 9.64. The molecule has 0 aromatic heterocycles. The SMILES string of the molecule is CCC/C(=N/OCC)C1C(=O)CC(C2CCCSC2)CC1=O. The first-order chi connectivity index (χ1) is 10.7. The molecule has 4 nitrogen and oxygen atoms in total. The standard InChI is InChI=1S/C17H27NO3S/c1-3-6-14(18-21-4-2)17-15(19)9-13(10-16(17)20)12-7-5-8-22-11-12/h12-13,17H,3-11H2,1-2H3/b18-14-. The van der Waals surface area contributed by atoms with Gasteiger partial charge >= 0.3 is 0 Å². The lowest BCUT2D eigenvalue weighted by Gasteiger charge is -2.34. The second kappa shape index (κ2) is 8.70. The van der Waals surface area contributed by atoms with Crippen LogP contribution in [-0.4, -0.2) is 35.4 Å². The Balaban J connectivity index is 2.05. The van der Waals surface area contributed by atoms with E-state index in [-0.39, 0.29) is 17.5 Å². The van der Waals surface area contributed by atoms with Crippen LogP contribution in [0.15, 0.2) is 5.16 Å². The highest BCUT2D eigenvalue weighted by Crippen LogP contribution is 2.37. The lowest BCUT2D eigenvalue weighted by molar-refractivity contribution is -0.135. The molecule has 1 aliphatic carbocycles. The molecule has 124 valence electrons. The van der Waals surface area contributed by atoms with Crippen LogP contribution in [0.25, 0.3) is 0 Å². The molecular formula is C17H27NO3S. The Morgan fingerprint density at radius 1 is 1.23 bits per heavy atom. The van der Waals surface area contributed by atoms with Gasteiger partial charge in [-0.2, -0.15) is 11.8 Å². The molecule has 1 aliphatic heterocycles. The molecule has 2 fully saturated rings. The highest BCUT2D eigenvalue weighted by Gasteiger charge is 2.41. The molecule has 2 rings (SSSR count). The zero-order valence-electron chi connectivity index (χ0n) is 13.7. The van der Waals surface area contributed by atoms with Crippen molar-refractivity contribution in [1.29, 1.82) is 0 Å². The van der Waals surface area contributed by atoms with E-state index in [0.29, 0.717) is 37.5 Å². The van der Waals surface area contributed by atoms with Crippen LogP contribution in [-0.2, 0) is 14.4 Å². The average Bonchev–Trinajstić information content (AvgIpc) is 2.52. The zero-order valence-corrected chi connectivity index (χ0v) is 14.5. The molecule has 2 aliphatic rings. The molecule has 0 aromatic carbocycles. The minimum absolute atomic E-state index is 0.0590. The van der Waals surface area contributed by atoms with E-state index < -0.39 is 5.92 Å². The van der Waals surface area contributed by atoms with Crippen LogP contribution < -0.4 is 0 Å². The van der Waals surface area contributed by atoms with Gasteiger partial charge in [0.15, 0.2) is 0 Å². The quantitative estimate of drug-likeness (QED) is 0.426. The van der Waals surface area contributed by atoms with E-state index in [4.69, 9.17) is 4.84 Å². The maximum absolute atomic E-state index is 12.6. The maximum Gasteiger partial charge on any atom is 0.149 e. The Morgan fingerprint density at radius 3 is 2.50 bits per heavy atom. The maximum atomic E-state index is 12.6. The number of hydrogen-bond acceptors (Lipinski definition) is 5. The van der Waals surface area contributed by atoms with Crippen LogP contribution >= 0.6 is 11.8 Å². The summed E-state index contributed by atoms with van der Waals surface area (Å²) in [7, 11) is 0. The van der Waals surface area contributed by atoms with Gasteiger partial charge in [-0.25, -0.2) is 0 Å². The fraction of sp³-hybridized carbons (Fsp3) is 0.824. The molecular weight excluding hydrogens is 298 g/mol. The summed E-state index contributed by atoms with van der Waals surface area (Å²) in [6.07, 6.45) is 4.98. The number of ketones is 2. The molecule has 1 saturated heterocycles. The molecule has 0 amide bonds. The Bertz CT molecular complexity index is 412. The molecule has 0 bridgehead atoms. The van der Waals surface area contributed by atoms with E-state index in [2.05, 4.69) is 5.16 Å². The Kier molecular flexibility index (Phi) is 6.93. The van der Waals surface area contributed by atoms with E-state index in [1.165, 1.54) is 12.2 Å². The number of carbonyl (C=O) groups excluding carboxylic acids is 2. The summed E-state index contributed by atoms with van der Waals surface area (Å²) in [5, 5.41) is 4.06. The van der Waals surface area contributed by atoms with Crippen molar-refractivity contribution in [2.45, 2.75) is 52.4 Å². The number of thioether (sulfide) groups is 1. The molecule has 1 saturated carbocycles. The molecule has 1 unspecified atom stereocenters. The predicted octanol–water partition coefficient (Wildman–Crippen LogP) is 3.49. The third-order valence-electron chi connectivity index (χ3n) is 4.58. The Morgan fingerprint density at radius 2 is 1.95 bits per heavy atom. The first kappa shape index (κ1) is 17.5. The number of Topliss-reactive ketones (excluding diaryl/α,β-unsaturated/α-hetero) is 2. The van der Waals surface area contributed by atoms with Gasteiger partial charge in [0, 0.05) is 12.8 Å². The van der Waals surface area contributed by atoms with Crippen LogP contribution in [0.4, 0.5) is 0 Å². The molecule has 1 atom stereocenters. The summed E-state index contributed by atoms with van der Waals surface area (Å²) < 4.78 is 0. The van der Waals surface area contributed by atoms with Gasteiger partial charge in [0.05, 0.1) is 5.71 Å². The highest BCUT2D eigenvalue weighted by atomic mass is 32.2. The van der Waals surface area contributed by atoms with Crippen molar-refractivity contribution >= 4 is 29.0 Å². The van der Waals surface area contributed by atoms with Crippen LogP contribution in [0.5, 0.6) is 0 Å². The van der Waals surface area contributed by atoms with Crippen molar-refractivity contribution in [1.82, 2.24) is 0 Å². The van der Waals surface area contributed by atoms with Gasteiger partial charge < -0.3 is 4.84 Å². The topological polar surface area (TPSA) is 55.7 Å². The third-order valence-corrected chi connectivity index (χ3v) is 5.82. The second-order valence-corrected chi connectivity index (χ2v) is 7.41. The largest absolute Gasteiger partial charge is 0.396 e. The van der Waals surface area contributed by atoms with Crippen molar-refractivity contribution < 1.29 is 14.4 Å². The second-order valence-electron chi connectivity index (χ2n) is 6.26. The summed E-state index contributed by atoms with van der Waals surface area (Å²) in [4.78, 5) is 30.3. The molecule has 22 heavy (non-hydrogen) atoms. The normalized spacial score (nSPS) is 30.5. The van der Waals surface area contributed by atoms with Gasteiger partial charge in [-0.1, -0.05) is 18.5 Å². The van der Waals surface area contributed by atoms with Crippen LogP contribution in [0.2, 0.25) is 0 Å². The number of oxime groups is 1. The van der Waals surface area contributed by atoms with E-state index in [1.807, 2.05) is 25.6 Å². The van der Waals surface area contributed by atoms with Crippen molar-refractivity contribution in [2.75, 3.05) is 18.1 Å². The van der Waals surface area contributed by atoms with E-state index in [9.17, 15) is 9.59 Å². The molecule has 0 spiro atoms. The molecule has 1 heterocycles. The summed E-state index contributed by atoms with van der Waals surface area (Å²) in [5.41, 5.74) is 0.635. The Hall–Kier alpha value is -0.840. The van der Waals surface area contributed by atoms with Crippen LogP contribution in [0.3, 0.4) is 0 Å². The number of rotatable bonds is 6. The number of carbonyl (C=O) groups is 2. The van der Waals surface area contributed by atoms with Crippen molar-refractivity contribution in [3.05, 3.63) is 0 Å². The fourth-order valence-corrected chi connectivity index (χ4v) is 4.77. The van der Waals surface area contributed by atoms with Gasteiger partial charge in [0.1, 0.15) is 24.1 Å². The molecule has 0 N–H and O–H groups in total. The minimum atomic E-state index is -0.640. The van der Waals surface area contributed by atoms with Gasteiger partial charge in [-0.3, -0.25) is 9.59 Å². The van der Waals surface area contributed by atoms with E-state index in [1.54, 1.807) is 0 Å². The van der Waals surface area contributed by atoms with Crippen molar-refractivity contribution in [3.63, 3.8) is 0 Å². The summed E-state index contributed by atoms with van der Waals surface area (Å²) in [6.45, 7) is 4.35. The number of hydrogen-bond donors (Lipinski definition) is 0.